The molecule has 0 saturated carbocycles. The van der Waals surface area contributed by atoms with Gasteiger partial charge in [0.2, 0.25) is 0 Å². The largest absolute Gasteiger partial charge is 0.392 e. The van der Waals surface area contributed by atoms with Crippen molar-refractivity contribution in [3.8, 4) is 0 Å². The van der Waals surface area contributed by atoms with Crippen molar-refractivity contribution in [2.24, 2.45) is 0 Å². The number of nitrogen functional groups attached to an aromatic ring is 1. The molecule has 1 rings (SSSR count). The summed E-state index contributed by atoms with van der Waals surface area (Å²) in [5.41, 5.74) is 4.74. The van der Waals surface area contributed by atoms with Crippen molar-refractivity contribution in [2.75, 3.05) is 5.73 Å². The van der Waals surface area contributed by atoms with Crippen LogP contribution in [-0.2, 0) is 0 Å². The summed E-state index contributed by atoms with van der Waals surface area (Å²) in [5, 5.41) is 0. The van der Waals surface area contributed by atoms with E-state index in [0.717, 1.165) is 6.07 Å². The van der Waals surface area contributed by atoms with Gasteiger partial charge in [0, 0.05) is 11.9 Å². The van der Waals surface area contributed by atoms with Crippen molar-refractivity contribution in [1.82, 2.24) is 4.57 Å². The summed E-state index contributed by atoms with van der Waals surface area (Å²) in [4.78, 5) is 11.2. The SMILES string of the molecule is C=C(C)n1ccc(F)c(N)c1=O. The summed E-state index contributed by atoms with van der Waals surface area (Å²) in [7, 11) is 0. The zero-order chi connectivity index (χ0) is 9.30. The maximum Gasteiger partial charge on any atom is 0.280 e. The second-order valence-electron chi connectivity index (χ2n) is 2.49. The second-order valence-corrected chi connectivity index (χ2v) is 2.49. The van der Waals surface area contributed by atoms with Crippen LogP contribution in [0.5, 0.6) is 0 Å². The lowest BCUT2D eigenvalue weighted by molar-refractivity contribution is 0.626. The Morgan fingerprint density at radius 2 is 2.33 bits per heavy atom. The number of nitrogens with zero attached hydrogens (tertiary/aromatic N) is 1. The number of hydrogen-bond acceptors (Lipinski definition) is 2. The highest BCUT2D eigenvalue weighted by Gasteiger charge is 2.05. The molecule has 0 saturated heterocycles. The highest BCUT2D eigenvalue weighted by molar-refractivity contribution is 5.44. The van der Waals surface area contributed by atoms with Gasteiger partial charge < -0.3 is 5.73 Å². The number of rotatable bonds is 1. The summed E-state index contributed by atoms with van der Waals surface area (Å²) in [6.45, 7) is 5.18. The minimum atomic E-state index is -0.697. The van der Waals surface area contributed by atoms with Crippen molar-refractivity contribution in [3.05, 3.63) is 35.0 Å². The maximum atomic E-state index is 12.7. The Hall–Kier alpha value is -1.58. The van der Waals surface area contributed by atoms with Gasteiger partial charge in [0.15, 0.2) is 5.82 Å². The Balaban J connectivity index is 3.47. The van der Waals surface area contributed by atoms with Crippen molar-refractivity contribution in [3.63, 3.8) is 0 Å². The lowest BCUT2D eigenvalue weighted by Crippen LogP contribution is -2.21. The fraction of sp³-hybridized carbons (Fsp3) is 0.125. The number of anilines is 1. The zero-order valence-corrected chi connectivity index (χ0v) is 6.67. The predicted octanol–water partition coefficient (Wildman–Crippen LogP) is 1.06. The first kappa shape index (κ1) is 8.52. The van der Waals surface area contributed by atoms with Gasteiger partial charge in [0.1, 0.15) is 5.69 Å². The molecule has 4 heteroatoms. The average Bonchev–Trinajstić information content (AvgIpc) is 2.00. The van der Waals surface area contributed by atoms with Crippen molar-refractivity contribution in [2.45, 2.75) is 6.92 Å². The lowest BCUT2D eigenvalue weighted by Gasteiger charge is -2.04. The quantitative estimate of drug-likeness (QED) is 0.681. The standard InChI is InChI=1S/C8H9FN2O/c1-5(2)11-4-3-6(9)7(10)8(11)12/h3-4H,1,10H2,2H3. The molecule has 1 heterocycles. The zero-order valence-electron chi connectivity index (χ0n) is 6.67. The molecule has 0 bridgehead atoms. The van der Waals surface area contributed by atoms with Gasteiger partial charge in [-0.1, -0.05) is 6.58 Å². The van der Waals surface area contributed by atoms with Crippen LogP contribution in [0.15, 0.2) is 23.6 Å². The van der Waals surface area contributed by atoms with Gasteiger partial charge >= 0.3 is 0 Å². The van der Waals surface area contributed by atoms with Crippen LogP contribution in [0.4, 0.5) is 10.1 Å². The fourth-order valence-electron chi connectivity index (χ4n) is 0.830. The van der Waals surface area contributed by atoms with E-state index in [-0.39, 0.29) is 5.69 Å². The van der Waals surface area contributed by atoms with Crippen LogP contribution in [0, 0.1) is 5.82 Å². The number of hydrogen-bond donors (Lipinski definition) is 1. The molecule has 1 aromatic heterocycles. The van der Waals surface area contributed by atoms with E-state index >= 15 is 0 Å². The van der Waals surface area contributed by atoms with Crippen LogP contribution >= 0.6 is 0 Å². The molecule has 0 aromatic carbocycles. The van der Waals surface area contributed by atoms with E-state index < -0.39 is 11.4 Å². The first-order valence-electron chi connectivity index (χ1n) is 3.36. The van der Waals surface area contributed by atoms with Gasteiger partial charge in [-0.3, -0.25) is 9.36 Å². The molecule has 2 N–H and O–H groups in total. The second kappa shape index (κ2) is 2.81. The number of halogens is 1. The van der Waals surface area contributed by atoms with E-state index in [1.807, 2.05) is 0 Å². The van der Waals surface area contributed by atoms with E-state index in [0.29, 0.717) is 5.70 Å². The van der Waals surface area contributed by atoms with Gasteiger partial charge in [-0.25, -0.2) is 4.39 Å². The smallest absolute Gasteiger partial charge is 0.280 e. The van der Waals surface area contributed by atoms with E-state index in [4.69, 9.17) is 5.73 Å². The molecule has 0 radical (unpaired) electrons. The molecule has 0 fully saturated rings. The summed E-state index contributed by atoms with van der Waals surface area (Å²) >= 11 is 0. The summed E-state index contributed by atoms with van der Waals surface area (Å²) in [6.07, 6.45) is 1.30. The highest BCUT2D eigenvalue weighted by Crippen LogP contribution is 2.04. The van der Waals surface area contributed by atoms with Crippen LogP contribution in [0.3, 0.4) is 0 Å². The van der Waals surface area contributed by atoms with Gasteiger partial charge in [-0.15, -0.1) is 0 Å². The highest BCUT2D eigenvalue weighted by atomic mass is 19.1. The Kier molecular flexibility index (Phi) is 1.99. The van der Waals surface area contributed by atoms with Crippen molar-refractivity contribution >= 4 is 11.4 Å². The molecule has 64 valence electrons. The molecule has 12 heavy (non-hydrogen) atoms. The Bertz CT molecular complexity index is 381. The first-order chi connectivity index (χ1) is 5.54. The van der Waals surface area contributed by atoms with Crippen LogP contribution in [-0.4, -0.2) is 4.57 Å². The number of allylic oxidation sites excluding steroid dienone is 1. The molecule has 0 spiro atoms. The summed E-state index contributed by atoms with van der Waals surface area (Å²) in [5.74, 6) is -0.697. The van der Waals surface area contributed by atoms with Crippen LogP contribution in [0.25, 0.3) is 5.70 Å². The number of pyridine rings is 1. The number of nitrogens with two attached hydrogens (primary N) is 1. The average molecular weight is 168 g/mol. The molecular weight excluding hydrogens is 159 g/mol. The maximum absolute atomic E-state index is 12.7. The number of aromatic nitrogens is 1. The third-order valence-corrected chi connectivity index (χ3v) is 1.49. The topological polar surface area (TPSA) is 48.0 Å². The molecule has 0 aliphatic rings. The van der Waals surface area contributed by atoms with E-state index in [2.05, 4.69) is 6.58 Å². The Morgan fingerprint density at radius 3 is 2.83 bits per heavy atom. The normalized spacial score (nSPS) is 9.83. The van der Waals surface area contributed by atoms with Crippen LogP contribution in [0.2, 0.25) is 0 Å². The molecule has 0 aliphatic heterocycles. The van der Waals surface area contributed by atoms with E-state index in [1.165, 1.54) is 10.8 Å². The molecule has 0 atom stereocenters. The van der Waals surface area contributed by atoms with Gasteiger partial charge in [0.25, 0.3) is 5.56 Å². The molecular formula is C8H9FN2O. The summed E-state index contributed by atoms with van der Waals surface area (Å²) < 4.78 is 13.8. The van der Waals surface area contributed by atoms with Crippen LogP contribution in [0.1, 0.15) is 6.92 Å². The third kappa shape index (κ3) is 1.23. The Labute approximate surface area is 68.9 Å². The Morgan fingerprint density at radius 1 is 1.75 bits per heavy atom. The molecule has 0 amide bonds. The van der Waals surface area contributed by atoms with Crippen molar-refractivity contribution < 1.29 is 4.39 Å². The minimum Gasteiger partial charge on any atom is -0.392 e. The monoisotopic (exact) mass is 168 g/mol. The van der Waals surface area contributed by atoms with Gasteiger partial charge in [-0.2, -0.15) is 0 Å². The molecule has 0 aliphatic carbocycles. The molecule has 0 unspecified atom stereocenters. The van der Waals surface area contributed by atoms with E-state index in [1.54, 1.807) is 6.92 Å². The fourth-order valence-corrected chi connectivity index (χ4v) is 0.830. The first-order valence-corrected chi connectivity index (χ1v) is 3.36. The molecule has 1 aromatic rings. The van der Waals surface area contributed by atoms with Crippen molar-refractivity contribution in [1.29, 1.82) is 0 Å². The van der Waals surface area contributed by atoms with Gasteiger partial charge in [0.05, 0.1) is 0 Å². The van der Waals surface area contributed by atoms with Crippen LogP contribution < -0.4 is 11.3 Å². The lowest BCUT2D eigenvalue weighted by atomic mass is 10.4. The third-order valence-electron chi connectivity index (χ3n) is 1.49. The molecule has 3 nitrogen and oxygen atoms in total. The van der Waals surface area contributed by atoms with Gasteiger partial charge in [-0.05, 0) is 13.0 Å². The summed E-state index contributed by atoms with van der Waals surface area (Å²) in [6, 6.07) is 1.13. The minimum absolute atomic E-state index is 0.375. The van der Waals surface area contributed by atoms with E-state index in [9.17, 15) is 9.18 Å². The predicted molar refractivity (Wildman–Crippen MR) is 46.1 cm³/mol.